The summed E-state index contributed by atoms with van der Waals surface area (Å²) >= 11 is 0. The minimum atomic E-state index is -0.350. The van der Waals surface area contributed by atoms with Crippen molar-refractivity contribution in [2.75, 3.05) is 19.8 Å². The molecule has 0 aromatic carbocycles. The van der Waals surface area contributed by atoms with Crippen LogP contribution in [0.2, 0.25) is 0 Å². The van der Waals surface area contributed by atoms with E-state index in [9.17, 15) is 9.50 Å². The average Bonchev–Trinajstić information content (AvgIpc) is 2.69. The summed E-state index contributed by atoms with van der Waals surface area (Å²) in [6.45, 7) is 0.565. The van der Waals surface area contributed by atoms with Crippen molar-refractivity contribution in [3.8, 4) is 0 Å². The van der Waals surface area contributed by atoms with E-state index in [2.05, 4.69) is 5.32 Å². The third-order valence-corrected chi connectivity index (χ3v) is 1.79. The van der Waals surface area contributed by atoms with E-state index in [4.69, 9.17) is 0 Å². The van der Waals surface area contributed by atoms with Gasteiger partial charge in [-0.25, -0.2) is 4.39 Å². The number of aliphatic hydroxyl groups excluding tert-OH is 1. The summed E-state index contributed by atoms with van der Waals surface area (Å²) in [7, 11) is 0. The Bertz CT molecular complexity index is 95.6. The monoisotopic (exact) mass is 147 g/mol. The quantitative estimate of drug-likeness (QED) is 0.549. The minimum absolute atomic E-state index is 0.244. The van der Waals surface area contributed by atoms with Crippen molar-refractivity contribution in [2.45, 2.75) is 18.9 Å². The summed E-state index contributed by atoms with van der Waals surface area (Å²) in [6, 6.07) is 0. The third kappa shape index (κ3) is 2.62. The topological polar surface area (TPSA) is 32.3 Å². The van der Waals surface area contributed by atoms with Gasteiger partial charge >= 0.3 is 0 Å². The van der Waals surface area contributed by atoms with Crippen molar-refractivity contribution in [3.05, 3.63) is 0 Å². The van der Waals surface area contributed by atoms with Crippen molar-refractivity contribution < 1.29 is 9.50 Å². The van der Waals surface area contributed by atoms with E-state index in [1.54, 1.807) is 0 Å². The zero-order chi connectivity index (χ0) is 7.40. The van der Waals surface area contributed by atoms with E-state index in [-0.39, 0.29) is 12.8 Å². The van der Waals surface area contributed by atoms with E-state index >= 15 is 0 Å². The van der Waals surface area contributed by atoms with Crippen LogP contribution in [0, 0.1) is 5.92 Å². The maximum atomic E-state index is 11.5. The summed E-state index contributed by atoms with van der Waals surface area (Å²) in [6.07, 6.45) is 2.03. The Kier molecular flexibility index (Phi) is 3.09. The van der Waals surface area contributed by atoms with E-state index in [0.717, 1.165) is 12.8 Å². The molecule has 1 aliphatic carbocycles. The predicted octanol–water partition coefficient (Wildman–Crippen LogP) is 0.316. The molecule has 1 fully saturated rings. The molecule has 0 bridgehead atoms. The van der Waals surface area contributed by atoms with Gasteiger partial charge < -0.3 is 10.4 Å². The molecule has 10 heavy (non-hydrogen) atoms. The lowest BCUT2D eigenvalue weighted by molar-refractivity contribution is 0.148. The number of alkyl halides is 1. The van der Waals surface area contributed by atoms with Crippen LogP contribution in [0.5, 0.6) is 0 Å². The minimum Gasteiger partial charge on any atom is -0.392 e. The summed E-state index contributed by atoms with van der Waals surface area (Å²) in [4.78, 5) is 0. The first-order chi connectivity index (χ1) is 4.84. The fraction of sp³-hybridized carbons (Fsp3) is 1.00. The van der Waals surface area contributed by atoms with E-state index in [0.29, 0.717) is 19.0 Å². The zero-order valence-electron chi connectivity index (χ0n) is 6.02. The summed E-state index contributed by atoms with van der Waals surface area (Å²) in [5, 5.41) is 12.1. The number of aliphatic hydroxyl groups is 1. The highest BCUT2D eigenvalue weighted by Gasteiger charge is 2.28. The molecule has 2 nitrogen and oxygen atoms in total. The van der Waals surface area contributed by atoms with Gasteiger partial charge in [-0.05, 0) is 18.8 Å². The predicted molar refractivity (Wildman–Crippen MR) is 37.6 cm³/mol. The average molecular weight is 147 g/mol. The van der Waals surface area contributed by atoms with Crippen molar-refractivity contribution in [1.29, 1.82) is 0 Å². The lowest BCUT2D eigenvalue weighted by Gasteiger charge is -2.08. The maximum absolute atomic E-state index is 11.5. The normalized spacial score (nSPS) is 21.0. The van der Waals surface area contributed by atoms with Crippen LogP contribution in [0.1, 0.15) is 12.8 Å². The number of rotatable bonds is 5. The Hall–Kier alpha value is -0.150. The van der Waals surface area contributed by atoms with Crippen molar-refractivity contribution >= 4 is 0 Å². The molecule has 0 spiro atoms. The van der Waals surface area contributed by atoms with E-state index < -0.39 is 0 Å². The molecule has 0 aromatic heterocycles. The SMILES string of the molecule is OC(CNCCF)C1CC1. The second kappa shape index (κ2) is 3.88. The summed E-state index contributed by atoms with van der Waals surface area (Å²) in [5.74, 6) is 0.493. The highest BCUT2D eigenvalue weighted by atomic mass is 19.1. The van der Waals surface area contributed by atoms with Gasteiger partial charge in [0.2, 0.25) is 0 Å². The Morgan fingerprint density at radius 3 is 2.80 bits per heavy atom. The Balaban J connectivity index is 1.90. The van der Waals surface area contributed by atoms with Crippen molar-refractivity contribution in [2.24, 2.45) is 5.92 Å². The van der Waals surface area contributed by atoms with Gasteiger partial charge in [0.1, 0.15) is 6.67 Å². The number of nitrogens with one attached hydrogen (secondary N) is 1. The molecular formula is C7H14FNO. The molecule has 1 unspecified atom stereocenters. The molecule has 0 amide bonds. The van der Waals surface area contributed by atoms with Crippen molar-refractivity contribution in [3.63, 3.8) is 0 Å². The second-order valence-electron chi connectivity index (χ2n) is 2.80. The maximum Gasteiger partial charge on any atom is 0.102 e. The van der Waals surface area contributed by atoms with E-state index in [1.165, 1.54) is 0 Å². The summed E-state index contributed by atoms with van der Waals surface area (Å²) in [5.41, 5.74) is 0. The number of halogens is 1. The fourth-order valence-corrected chi connectivity index (χ4v) is 0.964. The standard InChI is InChI=1S/C7H14FNO/c8-3-4-9-5-7(10)6-1-2-6/h6-7,9-10H,1-5H2. The zero-order valence-corrected chi connectivity index (χ0v) is 6.02. The lowest BCUT2D eigenvalue weighted by atomic mass is 10.2. The van der Waals surface area contributed by atoms with Crippen LogP contribution in [-0.2, 0) is 0 Å². The molecule has 60 valence electrons. The van der Waals surface area contributed by atoms with Crippen molar-refractivity contribution in [1.82, 2.24) is 5.32 Å². The highest BCUT2D eigenvalue weighted by Crippen LogP contribution is 2.32. The first kappa shape index (κ1) is 7.95. The van der Waals surface area contributed by atoms with Crippen LogP contribution < -0.4 is 5.32 Å². The largest absolute Gasteiger partial charge is 0.392 e. The molecule has 1 aliphatic rings. The Morgan fingerprint density at radius 1 is 1.60 bits per heavy atom. The van der Waals surface area contributed by atoms with E-state index in [1.807, 2.05) is 0 Å². The van der Waals surface area contributed by atoms with Gasteiger partial charge in [-0.2, -0.15) is 0 Å². The summed E-state index contributed by atoms with van der Waals surface area (Å²) < 4.78 is 11.5. The molecule has 1 rings (SSSR count). The van der Waals surface area contributed by atoms with Crippen LogP contribution in [-0.4, -0.2) is 31.0 Å². The first-order valence-corrected chi connectivity index (χ1v) is 3.79. The number of hydrogen-bond donors (Lipinski definition) is 2. The first-order valence-electron chi connectivity index (χ1n) is 3.79. The van der Waals surface area contributed by atoms with Crippen LogP contribution in [0.25, 0.3) is 0 Å². The molecule has 2 N–H and O–H groups in total. The highest BCUT2D eigenvalue weighted by molar-refractivity contribution is 4.81. The molecule has 0 radical (unpaired) electrons. The van der Waals surface area contributed by atoms with Gasteiger partial charge in [-0.3, -0.25) is 0 Å². The van der Waals surface area contributed by atoms with Gasteiger partial charge in [0.05, 0.1) is 6.10 Å². The van der Waals surface area contributed by atoms with Crippen LogP contribution in [0.3, 0.4) is 0 Å². The second-order valence-corrected chi connectivity index (χ2v) is 2.80. The molecule has 0 aliphatic heterocycles. The smallest absolute Gasteiger partial charge is 0.102 e. The Morgan fingerprint density at radius 2 is 2.30 bits per heavy atom. The molecule has 3 heteroatoms. The number of hydrogen-bond acceptors (Lipinski definition) is 2. The molecule has 1 atom stereocenters. The molecule has 0 saturated heterocycles. The van der Waals surface area contributed by atoms with Gasteiger partial charge in [-0.1, -0.05) is 0 Å². The molecular weight excluding hydrogens is 133 g/mol. The van der Waals surface area contributed by atoms with Gasteiger partial charge in [-0.15, -0.1) is 0 Å². The fourth-order valence-electron chi connectivity index (χ4n) is 0.964. The third-order valence-electron chi connectivity index (χ3n) is 1.79. The molecule has 0 heterocycles. The Labute approximate surface area is 60.4 Å². The van der Waals surface area contributed by atoms with Crippen LogP contribution >= 0.6 is 0 Å². The lowest BCUT2D eigenvalue weighted by Crippen LogP contribution is -2.29. The molecule has 0 aromatic rings. The van der Waals surface area contributed by atoms with Gasteiger partial charge in [0.25, 0.3) is 0 Å². The molecule has 1 saturated carbocycles. The van der Waals surface area contributed by atoms with Gasteiger partial charge in [0.15, 0.2) is 0 Å². The van der Waals surface area contributed by atoms with Crippen LogP contribution in [0.4, 0.5) is 4.39 Å². The van der Waals surface area contributed by atoms with Gasteiger partial charge in [0, 0.05) is 13.1 Å². The van der Waals surface area contributed by atoms with Crippen LogP contribution in [0.15, 0.2) is 0 Å².